The van der Waals surface area contributed by atoms with Crippen molar-refractivity contribution in [3.63, 3.8) is 0 Å². The van der Waals surface area contributed by atoms with Crippen LogP contribution in [0.15, 0.2) is 0 Å². The van der Waals surface area contributed by atoms with Crippen LogP contribution < -0.4 is 0 Å². The number of hydrogen-bond acceptors (Lipinski definition) is 1. The molecule has 0 saturated carbocycles. The summed E-state index contributed by atoms with van der Waals surface area (Å²) in [6, 6.07) is 0. The molecule has 86 valence electrons. The molecule has 1 nitrogen and oxygen atoms in total. The van der Waals surface area contributed by atoms with E-state index >= 15 is 0 Å². The second-order valence-electron chi connectivity index (χ2n) is 5.34. The summed E-state index contributed by atoms with van der Waals surface area (Å²) >= 11 is 5.58. The highest BCUT2D eigenvalue weighted by atomic mass is 35.5. The molecule has 0 saturated heterocycles. The fourth-order valence-corrected chi connectivity index (χ4v) is 2.33. The minimum Gasteiger partial charge on any atom is -0.275 e. The van der Waals surface area contributed by atoms with Gasteiger partial charge in [-0.05, 0) is 30.1 Å². The summed E-state index contributed by atoms with van der Waals surface area (Å²) in [6.45, 7) is 13.3. The van der Waals surface area contributed by atoms with Crippen LogP contribution in [0.1, 0.15) is 48.0 Å². The van der Waals surface area contributed by atoms with Crippen molar-refractivity contribution in [2.45, 2.75) is 54.1 Å². The Morgan fingerprint density at radius 2 is 1.43 bits per heavy atom. The maximum atomic E-state index is 5.58. The first-order valence-electron chi connectivity index (χ1n) is 5.67. The van der Waals surface area contributed by atoms with Crippen molar-refractivity contribution in [2.24, 2.45) is 23.7 Å². The van der Waals surface area contributed by atoms with Crippen LogP contribution in [0, 0.1) is 23.7 Å². The average molecular weight is 221 g/mol. The van der Waals surface area contributed by atoms with Gasteiger partial charge >= 0.3 is 0 Å². The van der Waals surface area contributed by atoms with Crippen LogP contribution in [0.3, 0.4) is 0 Å². The minimum atomic E-state index is 0.180. The predicted molar refractivity (Wildman–Crippen MR) is 63.3 cm³/mol. The third-order valence-electron chi connectivity index (χ3n) is 2.78. The summed E-state index contributed by atoms with van der Waals surface area (Å²) in [7, 11) is 0. The van der Waals surface area contributed by atoms with Crippen molar-refractivity contribution >= 4 is 11.9 Å². The Morgan fingerprint density at radius 1 is 0.929 bits per heavy atom. The molecule has 0 aliphatic carbocycles. The van der Waals surface area contributed by atoms with Gasteiger partial charge in [0.2, 0.25) is 0 Å². The molecule has 2 atom stereocenters. The monoisotopic (exact) mass is 220 g/mol. The summed E-state index contributed by atoms with van der Waals surface area (Å²) in [4.78, 5) is 0. The van der Waals surface area contributed by atoms with Gasteiger partial charge in [-0.1, -0.05) is 41.5 Å². The SMILES string of the molecule is CC(C)CC(C(C)C)C(OCl)C(C)C. The van der Waals surface area contributed by atoms with Crippen LogP contribution in [0.4, 0.5) is 0 Å². The minimum absolute atomic E-state index is 0.180. The molecule has 0 aromatic carbocycles. The Morgan fingerprint density at radius 3 is 1.64 bits per heavy atom. The molecule has 14 heavy (non-hydrogen) atoms. The van der Waals surface area contributed by atoms with Crippen molar-refractivity contribution in [1.29, 1.82) is 0 Å². The molecular weight excluding hydrogens is 196 g/mol. The molecule has 0 radical (unpaired) electrons. The molecule has 0 bridgehead atoms. The van der Waals surface area contributed by atoms with E-state index < -0.39 is 0 Å². The molecule has 0 aliphatic rings. The highest BCUT2D eigenvalue weighted by Crippen LogP contribution is 2.30. The summed E-state index contributed by atoms with van der Waals surface area (Å²) in [5, 5.41) is 0. The van der Waals surface area contributed by atoms with Crippen molar-refractivity contribution in [3.8, 4) is 0 Å². The molecule has 0 N–H and O–H groups in total. The molecule has 0 heterocycles. The Bertz CT molecular complexity index is 143. The Balaban J connectivity index is 4.44. The third kappa shape index (κ3) is 4.65. The quantitative estimate of drug-likeness (QED) is 0.641. The second kappa shape index (κ2) is 6.68. The fourth-order valence-electron chi connectivity index (χ4n) is 1.99. The van der Waals surface area contributed by atoms with E-state index in [1.54, 1.807) is 0 Å². The zero-order valence-electron chi connectivity index (χ0n) is 10.4. The van der Waals surface area contributed by atoms with E-state index in [0.717, 1.165) is 0 Å². The van der Waals surface area contributed by atoms with Gasteiger partial charge in [-0.15, -0.1) is 0 Å². The Kier molecular flexibility index (Phi) is 6.80. The van der Waals surface area contributed by atoms with E-state index in [1.807, 2.05) is 0 Å². The van der Waals surface area contributed by atoms with E-state index in [2.05, 4.69) is 41.5 Å². The standard InChI is InChI=1S/C12H25ClO/c1-8(2)7-11(9(3)4)12(14-13)10(5)6/h8-12H,7H2,1-6H3. The summed E-state index contributed by atoms with van der Waals surface area (Å²) in [5.74, 6) is 2.38. The Hall–Kier alpha value is 0.250. The molecule has 0 aromatic heterocycles. The van der Waals surface area contributed by atoms with Crippen molar-refractivity contribution in [1.82, 2.24) is 0 Å². The van der Waals surface area contributed by atoms with Gasteiger partial charge in [0, 0.05) is 0 Å². The van der Waals surface area contributed by atoms with Crippen LogP contribution in [0.25, 0.3) is 0 Å². The van der Waals surface area contributed by atoms with E-state index in [9.17, 15) is 0 Å². The van der Waals surface area contributed by atoms with Crippen molar-refractivity contribution in [2.75, 3.05) is 0 Å². The van der Waals surface area contributed by atoms with Gasteiger partial charge in [0.15, 0.2) is 0 Å². The van der Waals surface area contributed by atoms with Crippen LogP contribution in [0.2, 0.25) is 0 Å². The molecule has 0 amide bonds. The lowest BCUT2D eigenvalue weighted by Gasteiger charge is -2.31. The van der Waals surface area contributed by atoms with Gasteiger partial charge in [-0.2, -0.15) is 0 Å². The molecule has 0 aliphatic heterocycles. The van der Waals surface area contributed by atoms with Gasteiger partial charge < -0.3 is 0 Å². The van der Waals surface area contributed by atoms with Crippen molar-refractivity contribution in [3.05, 3.63) is 0 Å². The summed E-state index contributed by atoms with van der Waals surface area (Å²) < 4.78 is 5.11. The predicted octanol–water partition coefficient (Wildman–Crippen LogP) is 4.50. The second-order valence-corrected chi connectivity index (χ2v) is 5.51. The van der Waals surface area contributed by atoms with Crippen LogP contribution in [0.5, 0.6) is 0 Å². The normalized spacial score (nSPS) is 16.7. The lowest BCUT2D eigenvalue weighted by Crippen LogP contribution is -2.31. The van der Waals surface area contributed by atoms with Gasteiger partial charge in [0.1, 0.15) is 0 Å². The van der Waals surface area contributed by atoms with Gasteiger partial charge in [-0.25, -0.2) is 0 Å². The lowest BCUT2D eigenvalue weighted by molar-refractivity contribution is 0.0617. The first kappa shape index (κ1) is 14.2. The maximum absolute atomic E-state index is 5.58. The fraction of sp³-hybridized carbons (Fsp3) is 1.00. The van der Waals surface area contributed by atoms with Gasteiger partial charge in [0.25, 0.3) is 0 Å². The van der Waals surface area contributed by atoms with Gasteiger partial charge in [-0.3, -0.25) is 4.29 Å². The smallest absolute Gasteiger partial charge is 0.0844 e. The average Bonchev–Trinajstić information content (AvgIpc) is 2.02. The first-order chi connectivity index (χ1) is 6.40. The van der Waals surface area contributed by atoms with E-state index in [1.165, 1.54) is 6.42 Å². The van der Waals surface area contributed by atoms with Crippen molar-refractivity contribution < 1.29 is 4.29 Å². The largest absolute Gasteiger partial charge is 0.275 e. The number of hydrogen-bond donors (Lipinski definition) is 0. The number of rotatable bonds is 6. The van der Waals surface area contributed by atoms with E-state index in [-0.39, 0.29) is 6.10 Å². The molecular formula is C12H25ClO. The molecule has 2 heteroatoms. The summed E-state index contributed by atoms with van der Waals surface area (Å²) in [6.07, 6.45) is 1.37. The molecule has 0 aromatic rings. The molecule has 0 fully saturated rings. The molecule has 0 rings (SSSR count). The number of halogens is 1. The first-order valence-corrected chi connectivity index (χ1v) is 5.98. The van der Waals surface area contributed by atoms with Gasteiger partial charge in [0.05, 0.1) is 18.0 Å². The van der Waals surface area contributed by atoms with Crippen LogP contribution in [-0.2, 0) is 4.29 Å². The molecule has 2 unspecified atom stereocenters. The van der Waals surface area contributed by atoms with Crippen LogP contribution >= 0.6 is 11.9 Å². The molecule has 0 spiro atoms. The topological polar surface area (TPSA) is 9.23 Å². The highest BCUT2D eigenvalue weighted by Gasteiger charge is 2.28. The highest BCUT2D eigenvalue weighted by molar-refractivity contribution is 6.07. The zero-order valence-corrected chi connectivity index (χ0v) is 11.1. The van der Waals surface area contributed by atoms with E-state index in [4.69, 9.17) is 16.2 Å². The Labute approximate surface area is 94.3 Å². The zero-order chi connectivity index (χ0) is 11.3. The lowest BCUT2D eigenvalue weighted by atomic mass is 9.79. The van der Waals surface area contributed by atoms with E-state index in [0.29, 0.717) is 23.7 Å². The van der Waals surface area contributed by atoms with Crippen LogP contribution in [-0.4, -0.2) is 6.10 Å². The third-order valence-corrected chi connectivity index (χ3v) is 2.99. The summed E-state index contributed by atoms with van der Waals surface area (Å²) in [5.41, 5.74) is 0. The maximum Gasteiger partial charge on any atom is 0.0844 e.